The number of rotatable bonds is 4. The van der Waals surface area contributed by atoms with E-state index in [4.69, 9.17) is 5.11 Å². The Bertz CT molecular complexity index is 137. The number of amides is 1. The van der Waals surface area contributed by atoms with E-state index in [0.717, 1.165) is 0 Å². The zero-order chi connectivity index (χ0) is 8.91. The Labute approximate surface area is 70.9 Å². The molecule has 0 heterocycles. The number of nitrogens with one attached hydrogen (secondary N) is 1. The number of aliphatic hydroxyl groups is 1. The van der Waals surface area contributed by atoms with E-state index in [-0.39, 0.29) is 19.6 Å². The summed E-state index contributed by atoms with van der Waals surface area (Å²) in [6, 6.07) is 0. The van der Waals surface area contributed by atoms with Gasteiger partial charge in [-0.05, 0) is 6.42 Å². The number of carbonyl (C=O) groups is 1. The van der Waals surface area contributed by atoms with Gasteiger partial charge in [-0.3, -0.25) is 4.79 Å². The van der Waals surface area contributed by atoms with Crippen LogP contribution in [0, 0.1) is 0 Å². The molecule has 0 aromatic carbocycles. The summed E-state index contributed by atoms with van der Waals surface area (Å²) in [5, 5.41) is 10.2. The van der Waals surface area contributed by atoms with E-state index in [2.05, 4.69) is 0 Å². The molecule has 0 aliphatic carbocycles. The molecule has 66 valence electrons. The molecular weight excluding hydrogens is 224 g/mol. The normalized spacial score (nSPS) is 11.3. The molecule has 0 atom stereocenters. The van der Waals surface area contributed by atoms with Gasteiger partial charge in [0, 0.05) is 29.1 Å². The van der Waals surface area contributed by atoms with Crippen LogP contribution < -0.4 is 5.32 Å². The van der Waals surface area contributed by atoms with Crippen LogP contribution in [0.1, 0.15) is 6.42 Å². The lowest BCUT2D eigenvalue weighted by Crippen LogP contribution is -2.36. The summed E-state index contributed by atoms with van der Waals surface area (Å²) >= 11 is 1.89. The summed E-state index contributed by atoms with van der Waals surface area (Å²) in [6.07, 6.45) is 0.273. The molecular formula is C5H8BrF2NO2. The van der Waals surface area contributed by atoms with Crippen LogP contribution in [0.5, 0.6) is 0 Å². The highest BCUT2D eigenvalue weighted by molar-refractivity contribution is 9.10. The zero-order valence-electron chi connectivity index (χ0n) is 5.61. The first kappa shape index (κ1) is 10.8. The largest absolute Gasteiger partial charge is 0.396 e. The van der Waals surface area contributed by atoms with Gasteiger partial charge < -0.3 is 10.4 Å². The van der Waals surface area contributed by atoms with Crippen molar-refractivity contribution < 1.29 is 18.7 Å². The van der Waals surface area contributed by atoms with Crippen molar-refractivity contribution >= 4 is 21.8 Å². The topological polar surface area (TPSA) is 49.3 Å². The Morgan fingerprint density at radius 1 is 1.64 bits per heavy atom. The first-order valence-electron chi connectivity index (χ1n) is 2.94. The zero-order valence-corrected chi connectivity index (χ0v) is 7.20. The fourth-order valence-corrected chi connectivity index (χ4v) is 0.521. The second kappa shape index (κ2) is 4.61. The lowest BCUT2D eigenvalue weighted by atomic mass is 10.4. The minimum Gasteiger partial charge on any atom is -0.396 e. The third kappa shape index (κ3) is 5.09. The quantitative estimate of drug-likeness (QED) is 0.546. The van der Waals surface area contributed by atoms with E-state index in [9.17, 15) is 13.6 Å². The number of halogens is 3. The number of aliphatic hydroxyl groups excluding tert-OH is 1. The Morgan fingerprint density at radius 2 is 2.18 bits per heavy atom. The maximum atomic E-state index is 12.0. The monoisotopic (exact) mass is 231 g/mol. The molecule has 0 saturated carbocycles. The molecule has 0 spiro atoms. The fourth-order valence-electron chi connectivity index (χ4n) is 0.381. The summed E-state index contributed by atoms with van der Waals surface area (Å²) < 4.78 is 24.0. The van der Waals surface area contributed by atoms with Gasteiger partial charge in [0.1, 0.15) is 0 Å². The maximum absolute atomic E-state index is 12.0. The summed E-state index contributed by atoms with van der Waals surface area (Å²) in [5.74, 6) is -1.38. The van der Waals surface area contributed by atoms with E-state index < -0.39 is 10.7 Å². The molecule has 6 heteroatoms. The summed E-state index contributed by atoms with van der Waals surface area (Å²) in [4.78, 5) is 6.84. The molecule has 11 heavy (non-hydrogen) atoms. The van der Waals surface area contributed by atoms with Crippen molar-refractivity contribution in [3.05, 3.63) is 0 Å². The van der Waals surface area contributed by atoms with E-state index in [0.29, 0.717) is 0 Å². The SMILES string of the molecule is O=C(NCCCO)C(F)(F)Br. The van der Waals surface area contributed by atoms with Crippen molar-refractivity contribution in [2.45, 2.75) is 11.3 Å². The van der Waals surface area contributed by atoms with Crippen LogP contribution in [0.3, 0.4) is 0 Å². The standard InChI is InChI=1S/C5H8BrF2NO2/c6-5(7,8)4(11)9-2-1-3-10/h10H,1-3H2,(H,9,11). The average Bonchev–Trinajstić information content (AvgIpc) is 1.86. The predicted octanol–water partition coefficient (Wildman–Crippen LogP) is 0.473. The number of hydrogen-bond donors (Lipinski definition) is 2. The molecule has 0 aliphatic heterocycles. The van der Waals surface area contributed by atoms with Gasteiger partial charge in [0.05, 0.1) is 0 Å². The molecule has 0 aromatic heterocycles. The van der Waals surface area contributed by atoms with Gasteiger partial charge >= 0.3 is 10.7 Å². The van der Waals surface area contributed by atoms with Crippen LogP contribution in [0.2, 0.25) is 0 Å². The highest BCUT2D eigenvalue weighted by Gasteiger charge is 2.34. The minimum atomic E-state index is -3.51. The average molecular weight is 232 g/mol. The minimum absolute atomic E-state index is 0.0521. The molecule has 0 saturated heterocycles. The van der Waals surface area contributed by atoms with Gasteiger partial charge in [0.25, 0.3) is 0 Å². The lowest BCUT2D eigenvalue weighted by molar-refractivity contribution is -0.134. The van der Waals surface area contributed by atoms with Gasteiger partial charge in [-0.1, -0.05) is 0 Å². The highest BCUT2D eigenvalue weighted by Crippen LogP contribution is 2.20. The van der Waals surface area contributed by atoms with E-state index in [1.807, 2.05) is 21.2 Å². The fraction of sp³-hybridized carbons (Fsp3) is 0.800. The van der Waals surface area contributed by atoms with Crippen LogP contribution in [-0.4, -0.2) is 29.0 Å². The third-order valence-electron chi connectivity index (χ3n) is 0.878. The summed E-state index contributed by atoms with van der Waals surface area (Å²) in [7, 11) is 0. The molecule has 1 amide bonds. The first-order chi connectivity index (χ1) is 4.98. The molecule has 0 radical (unpaired) electrons. The predicted molar refractivity (Wildman–Crippen MR) is 38.6 cm³/mol. The Morgan fingerprint density at radius 3 is 2.55 bits per heavy atom. The van der Waals surface area contributed by atoms with Crippen molar-refractivity contribution in [1.82, 2.24) is 5.32 Å². The van der Waals surface area contributed by atoms with Crippen molar-refractivity contribution in [3.63, 3.8) is 0 Å². The van der Waals surface area contributed by atoms with Crippen molar-refractivity contribution in [3.8, 4) is 0 Å². The van der Waals surface area contributed by atoms with Crippen molar-refractivity contribution in [1.29, 1.82) is 0 Å². The van der Waals surface area contributed by atoms with Gasteiger partial charge in [-0.25, -0.2) is 0 Å². The molecule has 0 rings (SSSR count). The number of hydrogen-bond acceptors (Lipinski definition) is 2. The van der Waals surface area contributed by atoms with E-state index >= 15 is 0 Å². The Hall–Kier alpha value is -0.230. The third-order valence-corrected chi connectivity index (χ3v) is 1.24. The second-order valence-corrected chi connectivity index (χ2v) is 2.83. The number of carbonyl (C=O) groups excluding carboxylic acids is 1. The van der Waals surface area contributed by atoms with Gasteiger partial charge in [-0.2, -0.15) is 8.78 Å². The van der Waals surface area contributed by atoms with Crippen LogP contribution in [0.25, 0.3) is 0 Å². The molecule has 0 aliphatic rings. The lowest BCUT2D eigenvalue weighted by Gasteiger charge is -2.07. The Kier molecular flexibility index (Phi) is 4.51. The first-order valence-corrected chi connectivity index (χ1v) is 3.73. The highest BCUT2D eigenvalue weighted by atomic mass is 79.9. The van der Waals surface area contributed by atoms with Gasteiger partial charge in [-0.15, -0.1) is 0 Å². The van der Waals surface area contributed by atoms with Crippen LogP contribution >= 0.6 is 15.9 Å². The smallest absolute Gasteiger partial charge is 0.377 e. The maximum Gasteiger partial charge on any atom is 0.377 e. The van der Waals surface area contributed by atoms with Crippen molar-refractivity contribution in [2.24, 2.45) is 0 Å². The van der Waals surface area contributed by atoms with E-state index in [1.165, 1.54) is 0 Å². The molecule has 0 aromatic rings. The van der Waals surface area contributed by atoms with Crippen LogP contribution in [-0.2, 0) is 4.79 Å². The molecule has 3 nitrogen and oxygen atoms in total. The molecule has 0 fully saturated rings. The number of alkyl halides is 3. The summed E-state index contributed by atoms with van der Waals surface area (Å²) in [6.45, 7) is -0.0787. The van der Waals surface area contributed by atoms with Crippen LogP contribution in [0.15, 0.2) is 0 Å². The van der Waals surface area contributed by atoms with Gasteiger partial charge in [0.15, 0.2) is 0 Å². The molecule has 0 bridgehead atoms. The van der Waals surface area contributed by atoms with E-state index in [1.54, 1.807) is 0 Å². The van der Waals surface area contributed by atoms with Gasteiger partial charge in [0.2, 0.25) is 0 Å². The second-order valence-electron chi connectivity index (χ2n) is 1.83. The Balaban J connectivity index is 3.54. The summed E-state index contributed by atoms with van der Waals surface area (Å²) in [5.41, 5.74) is 0. The van der Waals surface area contributed by atoms with Crippen LogP contribution in [0.4, 0.5) is 8.78 Å². The van der Waals surface area contributed by atoms with Crippen molar-refractivity contribution in [2.75, 3.05) is 13.2 Å². The molecule has 0 unspecified atom stereocenters. The molecule has 2 N–H and O–H groups in total.